The van der Waals surface area contributed by atoms with E-state index >= 15 is 0 Å². The number of anilines is 1. The molecule has 0 amide bonds. The summed E-state index contributed by atoms with van der Waals surface area (Å²) in [6.07, 6.45) is 0. The standard InChI is InChI=1S/C12H18ClNOS/c1-8(2)12(3,15)7-16-11-5-4-9(14)6-10(11)13/h4-6,8,15H,7,14H2,1-3H3. The molecular formula is C12H18ClNOS. The van der Waals surface area contributed by atoms with Gasteiger partial charge in [0.15, 0.2) is 0 Å². The molecule has 0 fully saturated rings. The molecule has 0 aromatic heterocycles. The van der Waals surface area contributed by atoms with Crippen LogP contribution in [0.25, 0.3) is 0 Å². The lowest BCUT2D eigenvalue weighted by atomic mass is 9.95. The summed E-state index contributed by atoms with van der Waals surface area (Å²) in [5.41, 5.74) is 5.59. The van der Waals surface area contributed by atoms with Gasteiger partial charge in [-0.05, 0) is 31.0 Å². The van der Waals surface area contributed by atoms with Crippen molar-refractivity contribution in [3.05, 3.63) is 23.2 Å². The molecule has 0 aliphatic rings. The zero-order valence-corrected chi connectivity index (χ0v) is 11.4. The average molecular weight is 260 g/mol. The highest BCUT2D eigenvalue weighted by molar-refractivity contribution is 7.99. The third-order valence-electron chi connectivity index (χ3n) is 2.72. The number of aliphatic hydroxyl groups is 1. The van der Waals surface area contributed by atoms with Gasteiger partial charge in [0.05, 0.1) is 10.6 Å². The van der Waals surface area contributed by atoms with Gasteiger partial charge >= 0.3 is 0 Å². The molecule has 0 radical (unpaired) electrons. The van der Waals surface area contributed by atoms with Crippen LogP contribution in [0.1, 0.15) is 20.8 Å². The van der Waals surface area contributed by atoms with Crippen molar-refractivity contribution in [2.45, 2.75) is 31.3 Å². The fraction of sp³-hybridized carbons (Fsp3) is 0.500. The minimum absolute atomic E-state index is 0.215. The molecule has 0 spiro atoms. The minimum atomic E-state index is -0.685. The van der Waals surface area contributed by atoms with Crippen molar-refractivity contribution in [1.29, 1.82) is 0 Å². The van der Waals surface area contributed by atoms with Crippen LogP contribution in [0.2, 0.25) is 5.02 Å². The van der Waals surface area contributed by atoms with Crippen LogP contribution in [-0.2, 0) is 0 Å². The largest absolute Gasteiger partial charge is 0.399 e. The monoisotopic (exact) mass is 259 g/mol. The van der Waals surface area contributed by atoms with Crippen LogP contribution in [0, 0.1) is 5.92 Å². The number of rotatable bonds is 4. The van der Waals surface area contributed by atoms with Gasteiger partial charge in [0, 0.05) is 16.3 Å². The Labute approximate surface area is 106 Å². The molecule has 90 valence electrons. The molecule has 1 aromatic rings. The van der Waals surface area contributed by atoms with Crippen LogP contribution < -0.4 is 5.73 Å². The molecular weight excluding hydrogens is 242 g/mol. The maximum Gasteiger partial charge on any atom is 0.0736 e. The van der Waals surface area contributed by atoms with Crippen molar-refractivity contribution in [3.8, 4) is 0 Å². The third-order valence-corrected chi connectivity index (χ3v) is 4.54. The van der Waals surface area contributed by atoms with E-state index in [1.54, 1.807) is 17.8 Å². The summed E-state index contributed by atoms with van der Waals surface area (Å²) in [6, 6.07) is 5.44. The predicted octanol–water partition coefficient (Wildman–Crippen LogP) is 3.42. The summed E-state index contributed by atoms with van der Waals surface area (Å²) in [5.74, 6) is 0.835. The van der Waals surface area contributed by atoms with Crippen molar-refractivity contribution in [2.75, 3.05) is 11.5 Å². The normalized spacial score (nSPS) is 15.1. The van der Waals surface area contributed by atoms with Crippen LogP contribution in [-0.4, -0.2) is 16.5 Å². The van der Waals surface area contributed by atoms with E-state index in [1.165, 1.54) is 0 Å². The zero-order chi connectivity index (χ0) is 12.3. The molecule has 16 heavy (non-hydrogen) atoms. The number of halogens is 1. The lowest BCUT2D eigenvalue weighted by Crippen LogP contribution is -2.33. The van der Waals surface area contributed by atoms with Crippen molar-refractivity contribution in [1.82, 2.24) is 0 Å². The fourth-order valence-electron chi connectivity index (χ4n) is 1.02. The second kappa shape index (κ2) is 5.30. The van der Waals surface area contributed by atoms with Crippen LogP contribution in [0.4, 0.5) is 5.69 Å². The lowest BCUT2D eigenvalue weighted by Gasteiger charge is -2.27. The first kappa shape index (κ1) is 13.7. The van der Waals surface area contributed by atoms with Gasteiger partial charge in [-0.15, -0.1) is 11.8 Å². The third kappa shape index (κ3) is 3.58. The van der Waals surface area contributed by atoms with E-state index in [9.17, 15) is 5.11 Å². The number of hydrogen-bond acceptors (Lipinski definition) is 3. The smallest absolute Gasteiger partial charge is 0.0736 e. The molecule has 2 nitrogen and oxygen atoms in total. The predicted molar refractivity (Wildman–Crippen MR) is 72.1 cm³/mol. The second-order valence-corrected chi connectivity index (χ2v) is 5.91. The highest BCUT2D eigenvalue weighted by Crippen LogP contribution is 2.32. The van der Waals surface area contributed by atoms with Crippen LogP contribution in [0.3, 0.4) is 0 Å². The maximum absolute atomic E-state index is 10.1. The molecule has 0 saturated carbocycles. The Morgan fingerprint density at radius 1 is 1.50 bits per heavy atom. The summed E-state index contributed by atoms with van der Waals surface area (Å²) in [5, 5.41) is 10.8. The Morgan fingerprint density at radius 3 is 2.62 bits per heavy atom. The van der Waals surface area contributed by atoms with Crippen molar-refractivity contribution in [2.24, 2.45) is 5.92 Å². The molecule has 0 aliphatic heterocycles. The molecule has 4 heteroatoms. The SMILES string of the molecule is CC(C)C(C)(O)CSc1ccc(N)cc1Cl. The van der Waals surface area contributed by atoms with Gasteiger partial charge in [-0.3, -0.25) is 0 Å². The first-order valence-corrected chi connectivity index (χ1v) is 6.59. The Hall–Kier alpha value is -0.380. The van der Waals surface area contributed by atoms with Crippen molar-refractivity contribution >= 4 is 29.1 Å². The summed E-state index contributed by atoms with van der Waals surface area (Å²) in [6.45, 7) is 5.85. The molecule has 1 aromatic carbocycles. The van der Waals surface area contributed by atoms with E-state index in [0.717, 1.165) is 4.90 Å². The fourth-order valence-corrected chi connectivity index (χ4v) is 2.52. The molecule has 0 saturated heterocycles. The van der Waals surface area contributed by atoms with E-state index in [2.05, 4.69) is 0 Å². The molecule has 1 rings (SSSR count). The maximum atomic E-state index is 10.1. The molecule has 0 heterocycles. The number of benzene rings is 1. The number of hydrogen-bond donors (Lipinski definition) is 2. The number of thioether (sulfide) groups is 1. The number of nitrogen functional groups attached to an aromatic ring is 1. The number of nitrogens with two attached hydrogens (primary N) is 1. The van der Waals surface area contributed by atoms with Gasteiger partial charge in [0.1, 0.15) is 0 Å². The Balaban J connectivity index is 2.68. The summed E-state index contributed by atoms with van der Waals surface area (Å²) in [4.78, 5) is 0.955. The Kier molecular flexibility index (Phi) is 4.53. The van der Waals surface area contributed by atoms with Crippen molar-refractivity contribution < 1.29 is 5.11 Å². The first-order valence-electron chi connectivity index (χ1n) is 5.23. The van der Waals surface area contributed by atoms with Crippen LogP contribution in [0.15, 0.2) is 23.1 Å². The molecule has 3 N–H and O–H groups in total. The first-order chi connectivity index (χ1) is 7.33. The molecule has 0 bridgehead atoms. The average Bonchev–Trinajstić information content (AvgIpc) is 2.16. The van der Waals surface area contributed by atoms with E-state index < -0.39 is 5.60 Å². The minimum Gasteiger partial charge on any atom is -0.399 e. The zero-order valence-electron chi connectivity index (χ0n) is 9.83. The molecule has 0 aliphatic carbocycles. The highest BCUT2D eigenvalue weighted by atomic mass is 35.5. The van der Waals surface area contributed by atoms with E-state index in [0.29, 0.717) is 16.5 Å². The van der Waals surface area contributed by atoms with Gasteiger partial charge < -0.3 is 10.8 Å². The highest BCUT2D eigenvalue weighted by Gasteiger charge is 2.25. The topological polar surface area (TPSA) is 46.2 Å². The van der Waals surface area contributed by atoms with Crippen molar-refractivity contribution in [3.63, 3.8) is 0 Å². The van der Waals surface area contributed by atoms with E-state index in [1.807, 2.05) is 32.9 Å². The Morgan fingerprint density at radius 2 is 2.12 bits per heavy atom. The summed E-state index contributed by atoms with van der Waals surface area (Å²) in [7, 11) is 0. The quantitative estimate of drug-likeness (QED) is 0.643. The van der Waals surface area contributed by atoms with Crippen LogP contribution >= 0.6 is 23.4 Å². The van der Waals surface area contributed by atoms with E-state index in [-0.39, 0.29) is 5.92 Å². The summed E-state index contributed by atoms with van der Waals surface area (Å²) >= 11 is 7.61. The molecule has 1 atom stereocenters. The van der Waals surface area contributed by atoms with Gasteiger partial charge in [0.25, 0.3) is 0 Å². The second-order valence-electron chi connectivity index (χ2n) is 4.49. The van der Waals surface area contributed by atoms with Gasteiger partial charge in [0.2, 0.25) is 0 Å². The van der Waals surface area contributed by atoms with Gasteiger partial charge in [-0.1, -0.05) is 25.4 Å². The summed E-state index contributed by atoms with van der Waals surface area (Å²) < 4.78 is 0. The lowest BCUT2D eigenvalue weighted by molar-refractivity contribution is 0.0376. The van der Waals surface area contributed by atoms with Gasteiger partial charge in [-0.2, -0.15) is 0 Å². The van der Waals surface area contributed by atoms with E-state index in [4.69, 9.17) is 17.3 Å². The Bertz CT molecular complexity index is 366. The van der Waals surface area contributed by atoms with Crippen LogP contribution in [0.5, 0.6) is 0 Å². The molecule has 1 unspecified atom stereocenters. The van der Waals surface area contributed by atoms with Gasteiger partial charge in [-0.25, -0.2) is 0 Å².